The Morgan fingerprint density at radius 1 is 1.24 bits per heavy atom. The van der Waals surface area contributed by atoms with Crippen LogP contribution in [0.4, 0.5) is 21.6 Å². The largest absolute Gasteiger partial charge is 0.488 e. The molecule has 2 aromatic heterocycles. The van der Waals surface area contributed by atoms with Gasteiger partial charge in [-0.25, -0.2) is 9.37 Å². The fourth-order valence-electron chi connectivity index (χ4n) is 4.30. The lowest BCUT2D eigenvalue weighted by atomic mass is 9.99. The van der Waals surface area contributed by atoms with E-state index in [0.29, 0.717) is 34.1 Å². The topological polar surface area (TPSA) is 59.4 Å². The normalized spacial score (nSPS) is 14.8. The van der Waals surface area contributed by atoms with E-state index >= 15 is 4.39 Å². The van der Waals surface area contributed by atoms with Crippen molar-refractivity contribution in [3.8, 4) is 5.75 Å². The van der Waals surface area contributed by atoms with Crippen LogP contribution < -0.4 is 20.5 Å². The van der Waals surface area contributed by atoms with Gasteiger partial charge in [-0.05, 0) is 57.7 Å². The molecule has 1 aliphatic rings. The molecule has 0 saturated carbocycles. The van der Waals surface area contributed by atoms with Gasteiger partial charge in [-0.3, -0.25) is 4.79 Å². The highest BCUT2D eigenvalue weighted by molar-refractivity contribution is 6.33. The molecule has 3 heterocycles. The highest BCUT2D eigenvalue weighted by Gasteiger charge is 2.20. The van der Waals surface area contributed by atoms with Gasteiger partial charge in [0.2, 0.25) is 0 Å². The Hall–Kier alpha value is -2.80. The lowest BCUT2D eigenvalue weighted by Gasteiger charge is -2.31. The van der Waals surface area contributed by atoms with Gasteiger partial charge in [0.25, 0.3) is 5.56 Å². The number of ether oxygens (including phenoxy) is 1. The Morgan fingerprint density at radius 3 is 2.64 bits per heavy atom. The van der Waals surface area contributed by atoms with Gasteiger partial charge in [0.1, 0.15) is 5.82 Å². The van der Waals surface area contributed by atoms with E-state index in [-0.39, 0.29) is 23.0 Å². The summed E-state index contributed by atoms with van der Waals surface area (Å²) < 4.78 is 22.7. The second-order valence-corrected chi connectivity index (χ2v) is 9.29. The number of benzene rings is 1. The third kappa shape index (κ3) is 4.64. The van der Waals surface area contributed by atoms with E-state index < -0.39 is 5.82 Å². The quantitative estimate of drug-likeness (QED) is 0.466. The fourth-order valence-corrected chi connectivity index (χ4v) is 4.45. The van der Waals surface area contributed by atoms with Crippen LogP contribution in [0.2, 0.25) is 5.02 Å². The maximum absolute atomic E-state index is 15.7. The summed E-state index contributed by atoms with van der Waals surface area (Å²) in [5, 5.41) is 3.85. The number of rotatable bonds is 6. The Bertz CT molecular complexity index is 1220. The van der Waals surface area contributed by atoms with Gasteiger partial charge in [0, 0.05) is 30.6 Å². The lowest BCUT2D eigenvalue weighted by Crippen LogP contribution is -2.33. The number of nitrogens with zero attached hydrogens (tertiary/aromatic N) is 3. The summed E-state index contributed by atoms with van der Waals surface area (Å²) in [6.45, 7) is 10.0. The van der Waals surface area contributed by atoms with Crippen molar-refractivity contribution in [3.05, 3.63) is 51.7 Å². The summed E-state index contributed by atoms with van der Waals surface area (Å²) in [5.74, 6) is 1.20. The minimum Gasteiger partial charge on any atom is -0.488 e. The molecule has 3 aromatic rings. The van der Waals surface area contributed by atoms with E-state index in [1.807, 2.05) is 19.9 Å². The summed E-state index contributed by atoms with van der Waals surface area (Å²) >= 11 is 6.40. The maximum Gasteiger partial charge on any atom is 0.293 e. The minimum atomic E-state index is -0.468. The van der Waals surface area contributed by atoms with Gasteiger partial charge in [-0.1, -0.05) is 18.5 Å². The molecule has 0 radical (unpaired) electrons. The number of hydrogen-bond acceptors (Lipinski definition) is 5. The first-order valence-electron chi connectivity index (χ1n) is 11.5. The average molecular weight is 473 g/mol. The molecule has 4 rings (SSSR count). The standard InChI is InChI=1S/C25H30ClFN4O2/c1-5-33-22-12-17-21(31(15(2)3)25(22)32)7-6-19(24(17)27)29-20-13-23(28-14-18(20)26)30-10-8-16(4)9-11-30/h6-7,12-16H,5,8-11H2,1-4H3,(H,28,29). The first-order valence-corrected chi connectivity index (χ1v) is 11.9. The van der Waals surface area contributed by atoms with Crippen molar-refractivity contribution in [2.24, 2.45) is 5.92 Å². The second kappa shape index (κ2) is 9.59. The van der Waals surface area contributed by atoms with Gasteiger partial charge in [0.15, 0.2) is 11.6 Å². The van der Waals surface area contributed by atoms with Crippen LogP contribution >= 0.6 is 11.6 Å². The summed E-state index contributed by atoms with van der Waals surface area (Å²) in [5.41, 5.74) is 1.11. The molecule has 8 heteroatoms. The number of pyridine rings is 2. The molecule has 1 aliphatic heterocycles. The molecule has 1 N–H and O–H groups in total. The molecule has 33 heavy (non-hydrogen) atoms. The third-order valence-electron chi connectivity index (χ3n) is 6.16. The molecule has 0 spiro atoms. The van der Waals surface area contributed by atoms with Gasteiger partial charge < -0.3 is 19.5 Å². The van der Waals surface area contributed by atoms with Crippen LogP contribution in [0.5, 0.6) is 5.75 Å². The molecular formula is C25H30ClFN4O2. The van der Waals surface area contributed by atoms with E-state index in [4.69, 9.17) is 16.3 Å². The van der Waals surface area contributed by atoms with Crippen LogP contribution in [0.25, 0.3) is 10.9 Å². The Morgan fingerprint density at radius 2 is 1.97 bits per heavy atom. The zero-order valence-electron chi connectivity index (χ0n) is 19.5. The van der Waals surface area contributed by atoms with Crippen molar-refractivity contribution in [1.29, 1.82) is 0 Å². The molecule has 1 aromatic carbocycles. The second-order valence-electron chi connectivity index (χ2n) is 8.89. The van der Waals surface area contributed by atoms with Gasteiger partial charge >= 0.3 is 0 Å². The number of aromatic nitrogens is 2. The summed E-state index contributed by atoms with van der Waals surface area (Å²) in [7, 11) is 0. The minimum absolute atomic E-state index is 0.137. The van der Waals surface area contributed by atoms with E-state index in [2.05, 4.69) is 22.1 Å². The monoisotopic (exact) mass is 472 g/mol. The first-order chi connectivity index (χ1) is 15.8. The Balaban J connectivity index is 1.74. The molecule has 1 fully saturated rings. The predicted molar refractivity (Wildman–Crippen MR) is 133 cm³/mol. The first kappa shape index (κ1) is 23.4. The maximum atomic E-state index is 15.7. The van der Waals surface area contributed by atoms with Crippen molar-refractivity contribution in [2.45, 2.75) is 46.6 Å². The molecule has 1 saturated heterocycles. The van der Waals surface area contributed by atoms with Crippen molar-refractivity contribution in [3.63, 3.8) is 0 Å². The number of nitrogens with one attached hydrogen (secondary N) is 1. The van der Waals surface area contributed by atoms with Crippen LogP contribution in [0, 0.1) is 11.7 Å². The van der Waals surface area contributed by atoms with Gasteiger partial charge in [-0.15, -0.1) is 0 Å². The average Bonchev–Trinajstić information content (AvgIpc) is 2.78. The van der Waals surface area contributed by atoms with Crippen molar-refractivity contribution < 1.29 is 9.13 Å². The van der Waals surface area contributed by atoms with Gasteiger partial charge in [-0.2, -0.15) is 0 Å². The third-order valence-corrected chi connectivity index (χ3v) is 6.46. The lowest BCUT2D eigenvalue weighted by molar-refractivity contribution is 0.331. The molecule has 0 bridgehead atoms. The van der Waals surface area contributed by atoms with Crippen molar-refractivity contribution >= 4 is 39.7 Å². The van der Waals surface area contributed by atoms with Crippen LogP contribution in [-0.4, -0.2) is 29.2 Å². The number of fused-ring (bicyclic) bond motifs is 1. The van der Waals surface area contributed by atoms with Crippen molar-refractivity contribution in [1.82, 2.24) is 9.55 Å². The van der Waals surface area contributed by atoms with Crippen LogP contribution in [0.1, 0.15) is 46.6 Å². The smallest absolute Gasteiger partial charge is 0.293 e. The summed E-state index contributed by atoms with van der Waals surface area (Å²) in [6.07, 6.45) is 3.83. The number of piperidine rings is 1. The van der Waals surface area contributed by atoms with E-state index in [0.717, 1.165) is 31.7 Å². The number of anilines is 3. The highest BCUT2D eigenvalue weighted by Crippen LogP contribution is 2.34. The van der Waals surface area contributed by atoms with E-state index in [9.17, 15) is 4.79 Å². The summed E-state index contributed by atoms with van der Waals surface area (Å²) in [4.78, 5) is 19.5. The van der Waals surface area contributed by atoms with Crippen LogP contribution in [-0.2, 0) is 0 Å². The zero-order chi connectivity index (χ0) is 23.7. The highest BCUT2D eigenvalue weighted by atomic mass is 35.5. The Labute approximate surface area is 198 Å². The number of halogens is 2. The van der Waals surface area contributed by atoms with Crippen LogP contribution in [0.15, 0.2) is 35.3 Å². The molecule has 6 nitrogen and oxygen atoms in total. The van der Waals surface area contributed by atoms with E-state index in [1.165, 1.54) is 6.07 Å². The van der Waals surface area contributed by atoms with Crippen LogP contribution in [0.3, 0.4) is 0 Å². The molecule has 0 amide bonds. The molecule has 0 aliphatic carbocycles. The Kier molecular flexibility index (Phi) is 6.79. The molecule has 0 atom stereocenters. The fraction of sp³-hybridized carbons (Fsp3) is 0.440. The zero-order valence-corrected chi connectivity index (χ0v) is 20.2. The van der Waals surface area contributed by atoms with Crippen molar-refractivity contribution in [2.75, 3.05) is 29.9 Å². The SMILES string of the molecule is CCOc1cc2c(F)c(Nc3cc(N4CCC(C)CC4)ncc3Cl)ccc2n(C(C)C)c1=O. The van der Waals surface area contributed by atoms with E-state index in [1.54, 1.807) is 29.8 Å². The predicted octanol–water partition coefficient (Wildman–Crippen LogP) is 6.15. The molecule has 176 valence electrons. The summed E-state index contributed by atoms with van der Waals surface area (Å²) in [6, 6.07) is 6.58. The molecule has 0 unspecified atom stereocenters. The van der Waals surface area contributed by atoms with Gasteiger partial charge in [0.05, 0.1) is 34.7 Å². The number of hydrogen-bond donors (Lipinski definition) is 1. The molecular weight excluding hydrogens is 443 g/mol.